The van der Waals surface area contributed by atoms with Crippen molar-refractivity contribution in [2.24, 2.45) is 0 Å². The maximum atomic E-state index is 9.49. The second-order valence-electron chi connectivity index (χ2n) is 5.24. The summed E-state index contributed by atoms with van der Waals surface area (Å²) in [5.41, 5.74) is -0.0764. The number of aliphatic hydroxyl groups is 1. The predicted molar refractivity (Wildman–Crippen MR) is 78.3 cm³/mol. The molecule has 18 heavy (non-hydrogen) atoms. The van der Waals surface area contributed by atoms with Gasteiger partial charge in [0.1, 0.15) is 4.34 Å². The fraction of sp³-hybridized carbons (Fsp3) is 0.769. The molecule has 2 rings (SSSR count). The van der Waals surface area contributed by atoms with Gasteiger partial charge in [-0.25, -0.2) is 4.98 Å². The van der Waals surface area contributed by atoms with Gasteiger partial charge in [-0.2, -0.15) is 0 Å². The zero-order chi connectivity index (χ0) is 12.8. The summed E-state index contributed by atoms with van der Waals surface area (Å²) in [5, 5.41) is 15.1. The van der Waals surface area contributed by atoms with Crippen LogP contribution in [-0.2, 0) is 0 Å². The summed E-state index contributed by atoms with van der Waals surface area (Å²) in [7, 11) is 0. The largest absolute Gasteiger partial charge is 0.394 e. The van der Waals surface area contributed by atoms with Gasteiger partial charge < -0.3 is 10.4 Å². The Morgan fingerprint density at radius 2 is 2.39 bits per heavy atom. The Hall–Kier alpha value is -0.100. The number of aromatic nitrogens is 1. The maximum Gasteiger partial charge on any atom is 0.149 e. The van der Waals surface area contributed by atoms with Gasteiger partial charge in [-0.1, -0.05) is 18.2 Å². The summed E-state index contributed by atoms with van der Waals surface area (Å²) >= 11 is 3.54. The molecule has 1 aliphatic rings. The number of hydrogen-bond acceptors (Lipinski definition) is 5. The second-order valence-corrected chi connectivity index (χ2v) is 7.48. The molecule has 2 N–H and O–H groups in total. The van der Waals surface area contributed by atoms with Crippen LogP contribution in [0, 0.1) is 0 Å². The number of nitrogens with one attached hydrogen (secondary N) is 1. The highest BCUT2D eigenvalue weighted by molar-refractivity contribution is 8.00. The van der Waals surface area contributed by atoms with Crippen LogP contribution in [0.25, 0.3) is 0 Å². The highest BCUT2D eigenvalue weighted by Crippen LogP contribution is 2.26. The number of thioether (sulfide) groups is 1. The zero-order valence-corrected chi connectivity index (χ0v) is 12.5. The first-order valence-corrected chi connectivity index (χ1v) is 8.49. The minimum atomic E-state index is -0.0764. The lowest BCUT2D eigenvalue weighted by molar-refractivity contribution is 0.161. The molecule has 0 aliphatic heterocycles. The van der Waals surface area contributed by atoms with E-state index in [0.29, 0.717) is 6.04 Å². The Morgan fingerprint density at radius 3 is 3.00 bits per heavy atom. The van der Waals surface area contributed by atoms with Gasteiger partial charge >= 0.3 is 0 Å². The minimum Gasteiger partial charge on any atom is -0.394 e. The van der Waals surface area contributed by atoms with Crippen molar-refractivity contribution in [1.29, 1.82) is 0 Å². The van der Waals surface area contributed by atoms with Gasteiger partial charge in [0.15, 0.2) is 0 Å². The molecule has 1 aliphatic carbocycles. The van der Waals surface area contributed by atoms with Crippen LogP contribution in [0.1, 0.15) is 39.0 Å². The third kappa shape index (κ3) is 4.88. The van der Waals surface area contributed by atoms with Gasteiger partial charge in [0.05, 0.1) is 6.61 Å². The Bertz CT molecular complexity index is 341. The Balaban J connectivity index is 1.58. The van der Waals surface area contributed by atoms with Crippen LogP contribution in [0.2, 0.25) is 0 Å². The fourth-order valence-electron chi connectivity index (χ4n) is 1.98. The normalized spacial score (nSPS) is 18.8. The Morgan fingerprint density at radius 1 is 1.56 bits per heavy atom. The first-order valence-electron chi connectivity index (χ1n) is 6.63. The summed E-state index contributed by atoms with van der Waals surface area (Å²) in [6.45, 7) is 2.38. The lowest BCUT2D eigenvalue weighted by Gasteiger charge is -2.29. The van der Waals surface area contributed by atoms with Gasteiger partial charge in [0.2, 0.25) is 0 Å². The molecule has 0 aromatic carbocycles. The highest BCUT2D eigenvalue weighted by atomic mass is 32.2. The molecule has 5 heteroatoms. The number of hydrogen-bond donors (Lipinski definition) is 2. The van der Waals surface area contributed by atoms with Crippen LogP contribution in [0.15, 0.2) is 15.9 Å². The summed E-state index contributed by atoms with van der Waals surface area (Å²) < 4.78 is 1.16. The van der Waals surface area contributed by atoms with E-state index in [9.17, 15) is 5.11 Å². The third-order valence-corrected chi connectivity index (χ3v) is 5.29. The molecular weight excluding hydrogens is 264 g/mol. The van der Waals surface area contributed by atoms with E-state index < -0.39 is 0 Å². The summed E-state index contributed by atoms with van der Waals surface area (Å²) in [6.07, 6.45) is 7.81. The van der Waals surface area contributed by atoms with Gasteiger partial charge in [-0.05, 0) is 32.6 Å². The van der Waals surface area contributed by atoms with Gasteiger partial charge in [-0.3, -0.25) is 0 Å². The van der Waals surface area contributed by atoms with E-state index in [1.165, 1.54) is 19.3 Å². The molecule has 1 saturated carbocycles. The SMILES string of the molecule is CC(CO)(CCCCSc1nccs1)NC1CC1. The number of rotatable bonds is 9. The quantitative estimate of drug-likeness (QED) is 0.541. The van der Waals surface area contributed by atoms with Crippen molar-refractivity contribution in [3.63, 3.8) is 0 Å². The molecule has 102 valence electrons. The molecule has 1 aromatic heterocycles. The van der Waals surface area contributed by atoms with Crippen molar-refractivity contribution in [2.45, 2.75) is 54.9 Å². The van der Waals surface area contributed by atoms with Crippen LogP contribution in [0.4, 0.5) is 0 Å². The predicted octanol–water partition coefficient (Wildman–Crippen LogP) is 2.91. The van der Waals surface area contributed by atoms with Gasteiger partial charge in [0.25, 0.3) is 0 Å². The summed E-state index contributed by atoms with van der Waals surface area (Å²) in [6, 6.07) is 0.659. The average molecular weight is 286 g/mol. The van der Waals surface area contributed by atoms with Gasteiger partial charge in [0, 0.05) is 28.9 Å². The van der Waals surface area contributed by atoms with Crippen LogP contribution in [0.5, 0.6) is 0 Å². The van der Waals surface area contributed by atoms with Crippen molar-refractivity contribution < 1.29 is 5.11 Å². The first kappa shape index (κ1) is 14.3. The minimum absolute atomic E-state index is 0.0764. The average Bonchev–Trinajstić information content (AvgIpc) is 3.01. The Labute approximate surface area is 117 Å². The molecule has 0 bridgehead atoms. The smallest absolute Gasteiger partial charge is 0.149 e. The van der Waals surface area contributed by atoms with Crippen molar-refractivity contribution in [2.75, 3.05) is 12.4 Å². The molecule has 3 nitrogen and oxygen atoms in total. The van der Waals surface area contributed by atoms with E-state index in [0.717, 1.165) is 22.9 Å². The fourth-order valence-corrected chi connectivity index (χ4v) is 3.68. The monoisotopic (exact) mass is 286 g/mol. The van der Waals surface area contributed by atoms with E-state index in [-0.39, 0.29) is 12.1 Å². The van der Waals surface area contributed by atoms with E-state index in [1.807, 2.05) is 23.3 Å². The lowest BCUT2D eigenvalue weighted by atomic mass is 9.96. The van der Waals surface area contributed by atoms with E-state index in [2.05, 4.69) is 17.2 Å². The molecule has 1 atom stereocenters. The molecule has 1 fully saturated rings. The van der Waals surface area contributed by atoms with Crippen LogP contribution >= 0.6 is 23.1 Å². The number of thiazole rings is 1. The summed E-state index contributed by atoms with van der Waals surface area (Å²) in [4.78, 5) is 4.26. The molecule has 1 heterocycles. The Kier molecular flexibility index (Phi) is 5.48. The van der Waals surface area contributed by atoms with E-state index >= 15 is 0 Å². The molecule has 0 saturated heterocycles. The third-order valence-electron chi connectivity index (χ3n) is 3.24. The topological polar surface area (TPSA) is 45.2 Å². The highest BCUT2D eigenvalue weighted by Gasteiger charge is 2.31. The molecule has 0 spiro atoms. The molecule has 1 unspecified atom stereocenters. The van der Waals surface area contributed by atoms with Crippen molar-refractivity contribution in [3.8, 4) is 0 Å². The van der Waals surface area contributed by atoms with Gasteiger partial charge in [-0.15, -0.1) is 11.3 Å². The standard InChI is InChI=1S/C13H22N2OS2/c1-13(10-16,15-11-4-5-11)6-2-3-8-17-12-14-7-9-18-12/h7,9,11,15-16H,2-6,8,10H2,1H3. The van der Waals surface area contributed by atoms with Crippen molar-refractivity contribution >= 4 is 23.1 Å². The number of unbranched alkanes of at least 4 members (excludes halogenated alkanes) is 1. The van der Waals surface area contributed by atoms with Crippen molar-refractivity contribution in [3.05, 3.63) is 11.6 Å². The van der Waals surface area contributed by atoms with E-state index in [4.69, 9.17) is 0 Å². The maximum absolute atomic E-state index is 9.49. The molecule has 1 aromatic rings. The number of nitrogens with zero attached hydrogens (tertiary/aromatic N) is 1. The zero-order valence-electron chi connectivity index (χ0n) is 10.9. The van der Waals surface area contributed by atoms with Crippen LogP contribution in [0.3, 0.4) is 0 Å². The summed E-state index contributed by atoms with van der Waals surface area (Å²) in [5.74, 6) is 1.12. The lowest BCUT2D eigenvalue weighted by Crippen LogP contribution is -2.46. The van der Waals surface area contributed by atoms with Crippen LogP contribution < -0.4 is 5.32 Å². The van der Waals surface area contributed by atoms with Crippen LogP contribution in [-0.4, -0.2) is 34.0 Å². The number of aliphatic hydroxyl groups excluding tert-OH is 1. The van der Waals surface area contributed by atoms with Crippen molar-refractivity contribution in [1.82, 2.24) is 10.3 Å². The van der Waals surface area contributed by atoms with E-state index in [1.54, 1.807) is 11.3 Å². The molecule has 0 radical (unpaired) electrons. The molecule has 0 amide bonds. The molecular formula is C13H22N2OS2. The first-order chi connectivity index (χ1) is 8.72. The second kappa shape index (κ2) is 6.89.